The van der Waals surface area contributed by atoms with Crippen LogP contribution in [0.4, 0.5) is 5.69 Å². The number of carbonyl (C=O) groups is 3. The van der Waals surface area contributed by atoms with Crippen molar-refractivity contribution in [1.29, 1.82) is 0 Å². The Hall–Kier alpha value is -3.23. The second-order valence-corrected chi connectivity index (χ2v) is 8.94. The number of aliphatic hydroxyl groups is 1. The Balaban J connectivity index is 1.62. The molecule has 172 valence electrons. The summed E-state index contributed by atoms with van der Waals surface area (Å²) in [7, 11) is 1.54. The number of aryl methyl sites for hydroxylation is 1. The van der Waals surface area contributed by atoms with Gasteiger partial charge in [0.1, 0.15) is 11.3 Å². The summed E-state index contributed by atoms with van der Waals surface area (Å²) in [5, 5.41) is 16.7. The molecule has 2 aromatic rings. The number of hydrogen-bond acceptors (Lipinski definition) is 6. The van der Waals surface area contributed by atoms with Gasteiger partial charge in [-0.25, -0.2) is 0 Å². The molecule has 2 fully saturated rings. The van der Waals surface area contributed by atoms with Crippen LogP contribution >= 0.6 is 0 Å². The number of carbonyl (C=O) groups excluding carboxylic acids is 3. The molecule has 2 aromatic carbocycles. The zero-order chi connectivity index (χ0) is 23.5. The van der Waals surface area contributed by atoms with Gasteiger partial charge in [-0.1, -0.05) is 43.3 Å². The lowest BCUT2D eigenvalue weighted by molar-refractivity contribution is -0.143. The van der Waals surface area contributed by atoms with Crippen molar-refractivity contribution < 1.29 is 24.2 Å². The molecule has 2 saturated heterocycles. The van der Waals surface area contributed by atoms with Crippen molar-refractivity contribution in [3.05, 3.63) is 59.2 Å². The third-order valence-electron chi connectivity index (χ3n) is 7.28. The number of anilines is 1. The Bertz CT molecular complexity index is 1160. The highest BCUT2D eigenvalue weighted by molar-refractivity contribution is 6.15. The van der Waals surface area contributed by atoms with Gasteiger partial charge in [-0.15, -0.1) is 0 Å². The lowest BCUT2D eigenvalue weighted by Crippen LogP contribution is -2.54. The summed E-state index contributed by atoms with van der Waals surface area (Å²) >= 11 is 0. The zero-order valence-corrected chi connectivity index (χ0v) is 18.8. The summed E-state index contributed by atoms with van der Waals surface area (Å²) in [5.41, 5.74) is 1.59. The van der Waals surface area contributed by atoms with Gasteiger partial charge in [0.05, 0.1) is 31.6 Å². The molecule has 3 heterocycles. The Kier molecular flexibility index (Phi) is 5.02. The number of nitrogens with zero attached hydrogens (tertiary/aromatic N) is 1. The first kappa shape index (κ1) is 21.6. The number of fused-ring (bicyclic) bond motifs is 4. The van der Waals surface area contributed by atoms with Crippen molar-refractivity contribution in [2.75, 3.05) is 12.4 Å². The van der Waals surface area contributed by atoms with Crippen LogP contribution in [-0.4, -0.2) is 47.0 Å². The minimum atomic E-state index is -1.41. The molecular formula is C25H27N3O5. The highest BCUT2D eigenvalue weighted by Crippen LogP contribution is 2.54. The Morgan fingerprint density at radius 1 is 1.09 bits per heavy atom. The Morgan fingerprint density at radius 3 is 2.52 bits per heavy atom. The fourth-order valence-electron chi connectivity index (χ4n) is 5.75. The average molecular weight is 450 g/mol. The lowest BCUT2D eigenvalue weighted by atomic mass is 9.76. The summed E-state index contributed by atoms with van der Waals surface area (Å²) in [6.07, 6.45) is -0.230. The first-order valence-electron chi connectivity index (χ1n) is 11.2. The molecule has 33 heavy (non-hydrogen) atoms. The SMILES string of the molecule is CCc1cccc2c1NC(=O)[C@@]21N[C@@H]([C@@H](C)O)[C@H]2C(=O)N(Cc3ccccc3OC)C(=O)[C@@H]21. The van der Waals surface area contributed by atoms with E-state index >= 15 is 0 Å². The summed E-state index contributed by atoms with van der Waals surface area (Å²) in [6, 6.07) is 12.1. The number of amides is 3. The molecule has 1 spiro atoms. The van der Waals surface area contributed by atoms with Gasteiger partial charge in [-0.05, 0) is 25.0 Å². The van der Waals surface area contributed by atoms with Crippen molar-refractivity contribution in [3.8, 4) is 5.75 Å². The molecule has 3 aliphatic rings. The van der Waals surface area contributed by atoms with E-state index in [9.17, 15) is 19.5 Å². The number of benzene rings is 2. The molecular weight excluding hydrogens is 422 g/mol. The van der Waals surface area contributed by atoms with E-state index in [4.69, 9.17) is 4.74 Å². The predicted octanol–water partition coefficient (Wildman–Crippen LogP) is 1.56. The number of para-hydroxylation sites is 2. The van der Waals surface area contributed by atoms with Crippen molar-refractivity contribution in [2.45, 2.75) is 44.5 Å². The van der Waals surface area contributed by atoms with Crippen LogP contribution in [0.5, 0.6) is 5.75 Å². The molecule has 0 radical (unpaired) electrons. The number of nitrogens with one attached hydrogen (secondary N) is 2. The Morgan fingerprint density at radius 2 is 1.82 bits per heavy atom. The second-order valence-electron chi connectivity index (χ2n) is 8.94. The van der Waals surface area contributed by atoms with Gasteiger partial charge in [-0.2, -0.15) is 0 Å². The van der Waals surface area contributed by atoms with Gasteiger partial charge in [0.25, 0.3) is 0 Å². The minimum Gasteiger partial charge on any atom is -0.496 e. The van der Waals surface area contributed by atoms with Crippen molar-refractivity contribution in [2.24, 2.45) is 11.8 Å². The van der Waals surface area contributed by atoms with Crippen LogP contribution in [0, 0.1) is 11.8 Å². The van der Waals surface area contributed by atoms with Gasteiger partial charge >= 0.3 is 0 Å². The van der Waals surface area contributed by atoms with Gasteiger partial charge < -0.3 is 15.2 Å². The van der Waals surface area contributed by atoms with E-state index in [0.29, 0.717) is 29.0 Å². The van der Waals surface area contributed by atoms with Crippen molar-refractivity contribution in [1.82, 2.24) is 10.2 Å². The molecule has 8 heteroatoms. The maximum atomic E-state index is 13.8. The number of rotatable bonds is 5. The molecule has 8 nitrogen and oxygen atoms in total. The molecule has 0 bridgehead atoms. The molecule has 3 N–H and O–H groups in total. The van der Waals surface area contributed by atoms with E-state index < -0.39 is 35.4 Å². The molecule has 0 aromatic heterocycles. The summed E-state index contributed by atoms with van der Waals surface area (Å²) in [4.78, 5) is 42.1. The molecule has 5 atom stereocenters. The normalized spacial score (nSPS) is 28.8. The number of methoxy groups -OCH3 is 1. The molecule has 0 unspecified atom stereocenters. The van der Waals surface area contributed by atoms with E-state index in [1.807, 2.05) is 37.3 Å². The lowest BCUT2D eigenvalue weighted by Gasteiger charge is -2.30. The van der Waals surface area contributed by atoms with Crippen LogP contribution in [0.3, 0.4) is 0 Å². The van der Waals surface area contributed by atoms with Gasteiger partial charge in [0.2, 0.25) is 17.7 Å². The topological polar surface area (TPSA) is 108 Å². The quantitative estimate of drug-likeness (QED) is 0.598. The number of likely N-dealkylation sites (tertiary alicyclic amines) is 1. The molecule has 5 rings (SSSR count). The van der Waals surface area contributed by atoms with E-state index in [2.05, 4.69) is 10.6 Å². The Labute approximate surface area is 191 Å². The highest BCUT2D eigenvalue weighted by atomic mass is 16.5. The fourth-order valence-corrected chi connectivity index (χ4v) is 5.75. The smallest absolute Gasteiger partial charge is 0.250 e. The number of aliphatic hydroxyl groups excluding tert-OH is 1. The number of imide groups is 1. The van der Waals surface area contributed by atoms with Crippen LogP contribution in [0.15, 0.2) is 42.5 Å². The molecule has 0 aliphatic carbocycles. The van der Waals surface area contributed by atoms with Crippen LogP contribution in [-0.2, 0) is 32.9 Å². The zero-order valence-electron chi connectivity index (χ0n) is 18.8. The third kappa shape index (κ3) is 2.87. The van der Waals surface area contributed by atoms with Crippen LogP contribution in [0.25, 0.3) is 0 Å². The molecule has 3 amide bonds. The van der Waals surface area contributed by atoms with E-state index in [0.717, 1.165) is 5.56 Å². The fraction of sp³-hybridized carbons (Fsp3) is 0.400. The standard InChI is InChI=1S/C25H27N3O5/c1-4-14-9-7-10-16-21(14)26-24(32)25(16)19-18(20(27-25)13(2)29)22(30)28(23(19)31)12-15-8-5-6-11-17(15)33-3/h5-11,13,18-20,27,29H,4,12H2,1-3H3,(H,26,32)/t13-,18+,19-,20+,25-/m1/s1. The van der Waals surface area contributed by atoms with Crippen LogP contribution in [0.2, 0.25) is 0 Å². The van der Waals surface area contributed by atoms with Gasteiger partial charge in [-0.3, -0.25) is 24.6 Å². The summed E-state index contributed by atoms with van der Waals surface area (Å²) in [6.45, 7) is 3.61. The van der Waals surface area contributed by atoms with Crippen LogP contribution < -0.4 is 15.4 Å². The number of hydrogen-bond donors (Lipinski definition) is 3. The maximum absolute atomic E-state index is 13.8. The third-order valence-corrected chi connectivity index (χ3v) is 7.28. The van der Waals surface area contributed by atoms with Gasteiger partial charge in [0.15, 0.2) is 0 Å². The number of ether oxygens (including phenoxy) is 1. The van der Waals surface area contributed by atoms with E-state index in [1.165, 1.54) is 12.0 Å². The molecule has 0 saturated carbocycles. The highest BCUT2D eigenvalue weighted by Gasteiger charge is 2.71. The van der Waals surface area contributed by atoms with Crippen molar-refractivity contribution >= 4 is 23.4 Å². The minimum absolute atomic E-state index is 0.0424. The second kappa shape index (κ2) is 7.67. The maximum Gasteiger partial charge on any atom is 0.250 e. The first-order chi connectivity index (χ1) is 15.8. The largest absolute Gasteiger partial charge is 0.496 e. The van der Waals surface area contributed by atoms with E-state index in [-0.39, 0.29) is 18.4 Å². The molecule has 3 aliphatic heterocycles. The first-order valence-corrected chi connectivity index (χ1v) is 11.2. The predicted molar refractivity (Wildman–Crippen MR) is 120 cm³/mol. The van der Waals surface area contributed by atoms with Gasteiger partial charge in [0, 0.05) is 22.9 Å². The van der Waals surface area contributed by atoms with Crippen molar-refractivity contribution in [3.63, 3.8) is 0 Å². The summed E-state index contributed by atoms with van der Waals surface area (Å²) in [5.74, 6) is -2.40. The monoisotopic (exact) mass is 449 g/mol. The van der Waals surface area contributed by atoms with Crippen LogP contribution in [0.1, 0.15) is 30.5 Å². The average Bonchev–Trinajstić information content (AvgIpc) is 3.40. The van der Waals surface area contributed by atoms with E-state index in [1.54, 1.807) is 19.1 Å². The summed E-state index contributed by atoms with van der Waals surface area (Å²) < 4.78 is 5.40.